The first kappa shape index (κ1) is 9.58. The maximum Gasteiger partial charge on any atom is 0.166 e. The van der Waals surface area contributed by atoms with E-state index in [1.807, 2.05) is 0 Å². The predicted octanol–water partition coefficient (Wildman–Crippen LogP) is 2.77. The van der Waals surface area contributed by atoms with Crippen molar-refractivity contribution < 1.29 is 13.6 Å². The molecule has 1 N–H and O–H groups in total. The van der Waals surface area contributed by atoms with Gasteiger partial charge in [-0.3, -0.25) is 4.79 Å². The van der Waals surface area contributed by atoms with E-state index >= 15 is 0 Å². The highest BCUT2D eigenvalue weighted by Gasteiger charge is 2.05. The Kier molecular flexibility index (Phi) is 2.33. The fraction of sp³-hybridized carbons (Fsp3) is 0. The standard InChI is InChI=1S/C11H7F2NO/c12-9-1-7(2-10(13)4-9)8-3-11(6-15)14-5-8/h1-6,14H. The molecule has 0 aliphatic heterocycles. The molecule has 1 heterocycles. The molecule has 1 aromatic carbocycles. The second kappa shape index (κ2) is 3.65. The zero-order valence-corrected chi connectivity index (χ0v) is 7.63. The van der Waals surface area contributed by atoms with E-state index in [0.29, 0.717) is 23.1 Å². The molecule has 0 atom stereocenters. The molecular formula is C11H7F2NO. The average molecular weight is 207 g/mol. The molecule has 0 radical (unpaired) electrons. The van der Waals surface area contributed by atoms with Crippen LogP contribution in [0.15, 0.2) is 30.5 Å². The van der Waals surface area contributed by atoms with Gasteiger partial charge in [-0.1, -0.05) is 0 Å². The monoisotopic (exact) mass is 207 g/mol. The number of benzene rings is 1. The maximum atomic E-state index is 12.9. The quantitative estimate of drug-likeness (QED) is 0.754. The van der Waals surface area contributed by atoms with Gasteiger partial charge in [-0.15, -0.1) is 0 Å². The molecule has 1 aromatic heterocycles. The number of aromatic nitrogens is 1. The zero-order valence-electron chi connectivity index (χ0n) is 7.63. The lowest BCUT2D eigenvalue weighted by Crippen LogP contribution is -1.82. The fourth-order valence-corrected chi connectivity index (χ4v) is 1.37. The number of hydrogen-bond donors (Lipinski definition) is 1. The lowest BCUT2D eigenvalue weighted by Gasteiger charge is -1.97. The first-order valence-corrected chi connectivity index (χ1v) is 4.29. The van der Waals surface area contributed by atoms with Crippen LogP contribution in [0.25, 0.3) is 11.1 Å². The van der Waals surface area contributed by atoms with Crippen molar-refractivity contribution in [3.63, 3.8) is 0 Å². The van der Waals surface area contributed by atoms with Gasteiger partial charge in [-0.05, 0) is 23.8 Å². The minimum atomic E-state index is -0.640. The lowest BCUT2D eigenvalue weighted by atomic mass is 10.1. The average Bonchev–Trinajstić information content (AvgIpc) is 2.64. The van der Waals surface area contributed by atoms with Crippen molar-refractivity contribution in [3.05, 3.63) is 47.8 Å². The van der Waals surface area contributed by atoms with Gasteiger partial charge in [0, 0.05) is 17.8 Å². The summed E-state index contributed by atoms with van der Waals surface area (Å²) in [7, 11) is 0. The Morgan fingerprint density at radius 2 is 1.67 bits per heavy atom. The molecule has 15 heavy (non-hydrogen) atoms. The Bertz CT molecular complexity index is 485. The molecule has 2 aromatic rings. The Morgan fingerprint density at radius 3 is 2.20 bits per heavy atom. The number of H-pyrrole nitrogens is 1. The molecule has 0 fully saturated rings. The van der Waals surface area contributed by atoms with Crippen LogP contribution in [0.2, 0.25) is 0 Å². The second-order valence-corrected chi connectivity index (χ2v) is 3.12. The van der Waals surface area contributed by atoms with Crippen LogP contribution in [0.1, 0.15) is 10.5 Å². The summed E-state index contributed by atoms with van der Waals surface area (Å²) >= 11 is 0. The van der Waals surface area contributed by atoms with Gasteiger partial charge in [0.25, 0.3) is 0 Å². The molecule has 0 saturated heterocycles. The third-order valence-corrected chi connectivity index (χ3v) is 2.03. The van der Waals surface area contributed by atoms with Crippen LogP contribution in [0, 0.1) is 11.6 Å². The topological polar surface area (TPSA) is 32.9 Å². The highest BCUT2D eigenvalue weighted by Crippen LogP contribution is 2.21. The van der Waals surface area contributed by atoms with Crippen LogP contribution in [-0.4, -0.2) is 11.3 Å². The summed E-state index contributed by atoms with van der Waals surface area (Å²) in [5.74, 6) is -1.28. The molecule has 2 rings (SSSR count). The van der Waals surface area contributed by atoms with E-state index < -0.39 is 11.6 Å². The molecule has 2 nitrogen and oxygen atoms in total. The van der Waals surface area contributed by atoms with Crippen molar-refractivity contribution in [3.8, 4) is 11.1 Å². The summed E-state index contributed by atoms with van der Waals surface area (Å²) in [5, 5.41) is 0. The Hall–Kier alpha value is -1.97. The molecule has 0 aliphatic rings. The van der Waals surface area contributed by atoms with E-state index in [4.69, 9.17) is 0 Å². The normalized spacial score (nSPS) is 10.3. The second-order valence-electron chi connectivity index (χ2n) is 3.12. The molecule has 0 spiro atoms. The molecule has 0 amide bonds. The van der Waals surface area contributed by atoms with Gasteiger partial charge in [0.2, 0.25) is 0 Å². The fourth-order valence-electron chi connectivity index (χ4n) is 1.37. The number of rotatable bonds is 2. The summed E-state index contributed by atoms with van der Waals surface area (Å²) in [4.78, 5) is 13.1. The van der Waals surface area contributed by atoms with Gasteiger partial charge in [-0.2, -0.15) is 0 Å². The molecule has 76 valence electrons. The number of halogens is 2. The van der Waals surface area contributed by atoms with Crippen LogP contribution in [0.4, 0.5) is 8.78 Å². The van der Waals surface area contributed by atoms with E-state index in [1.54, 1.807) is 0 Å². The molecular weight excluding hydrogens is 200 g/mol. The molecule has 0 unspecified atom stereocenters. The third kappa shape index (κ3) is 1.93. The molecule has 0 aliphatic carbocycles. The number of carbonyl (C=O) groups excluding carboxylic acids is 1. The lowest BCUT2D eigenvalue weighted by molar-refractivity contribution is 0.111. The van der Waals surface area contributed by atoms with Crippen LogP contribution in [0.3, 0.4) is 0 Å². The van der Waals surface area contributed by atoms with Gasteiger partial charge in [0.15, 0.2) is 6.29 Å². The summed E-state index contributed by atoms with van der Waals surface area (Å²) in [6.45, 7) is 0. The van der Waals surface area contributed by atoms with Crippen LogP contribution in [0.5, 0.6) is 0 Å². The Morgan fingerprint density at radius 1 is 1.00 bits per heavy atom. The maximum absolute atomic E-state index is 12.9. The van der Waals surface area contributed by atoms with Gasteiger partial charge < -0.3 is 4.98 Å². The number of aromatic amines is 1. The van der Waals surface area contributed by atoms with E-state index in [-0.39, 0.29) is 0 Å². The summed E-state index contributed by atoms with van der Waals surface area (Å²) in [6, 6.07) is 4.75. The third-order valence-electron chi connectivity index (χ3n) is 2.03. The zero-order chi connectivity index (χ0) is 10.8. The van der Waals surface area contributed by atoms with Crippen molar-refractivity contribution in [2.45, 2.75) is 0 Å². The SMILES string of the molecule is O=Cc1cc(-c2cc(F)cc(F)c2)c[nH]1. The molecule has 0 bridgehead atoms. The van der Waals surface area contributed by atoms with Crippen molar-refractivity contribution in [2.24, 2.45) is 0 Å². The first-order valence-electron chi connectivity index (χ1n) is 4.29. The van der Waals surface area contributed by atoms with E-state index in [0.717, 1.165) is 6.07 Å². The summed E-state index contributed by atoms with van der Waals surface area (Å²) in [6.07, 6.45) is 2.16. The van der Waals surface area contributed by atoms with E-state index in [1.165, 1.54) is 24.4 Å². The summed E-state index contributed by atoms with van der Waals surface area (Å²) < 4.78 is 25.8. The molecule has 4 heteroatoms. The van der Waals surface area contributed by atoms with Gasteiger partial charge >= 0.3 is 0 Å². The molecule has 0 saturated carbocycles. The summed E-state index contributed by atoms with van der Waals surface area (Å²) in [5.41, 5.74) is 1.35. The number of nitrogens with one attached hydrogen (secondary N) is 1. The van der Waals surface area contributed by atoms with Crippen LogP contribution < -0.4 is 0 Å². The van der Waals surface area contributed by atoms with Gasteiger partial charge in [0.05, 0.1) is 5.69 Å². The highest BCUT2D eigenvalue weighted by molar-refractivity contribution is 5.77. The highest BCUT2D eigenvalue weighted by atomic mass is 19.1. The van der Waals surface area contributed by atoms with Crippen LogP contribution in [-0.2, 0) is 0 Å². The van der Waals surface area contributed by atoms with Crippen molar-refractivity contribution >= 4 is 6.29 Å². The smallest absolute Gasteiger partial charge is 0.166 e. The van der Waals surface area contributed by atoms with Gasteiger partial charge in [0.1, 0.15) is 11.6 Å². The van der Waals surface area contributed by atoms with Crippen LogP contribution >= 0.6 is 0 Å². The van der Waals surface area contributed by atoms with Crippen molar-refractivity contribution in [1.82, 2.24) is 4.98 Å². The van der Waals surface area contributed by atoms with Crippen molar-refractivity contribution in [2.75, 3.05) is 0 Å². The minimum absolute atomic E-state index is 0.370. The first-order chi connectivity index (χ1) is 7.19. The largest absolute Gasteiger partial charge is 0.358 e. The van der Waals surface area contributed by atoms with E-state index in [2.05, 4.69) is 4.98 Å². The van der Waals surface area contributed by atoms with E-state index in [9.17, 15) is 13.6 Å². The Labute approximate surface area is 84.6 Å². The van der Waals surface area contributed by atoms with Gasteiger partial charge in [-0.25, -0.2) is 8.78 Å². The van der Waals surface area contributed by atoms with Crippen molar-refractivity contribution in [1.29, 1.82) is 0 Å². The minimum Gasteiger partial charge on any atom is -0.358 e. The number of carbonyl (C=O) groups is 1. The Balaban J connectivity index is 2.48. The predicted molar refractivity (Wildman–Crippen MR) is 51.5 cm³/mol. The number of hydrogen-bond acceptors (Lipinski definition) is 1. The number of aldehydes is 1.